The van der Waals surface area contributed by atoms with Crippen LogP contribution in [0.15, 0.2) is 42.1 Å². The SMILES string of the molecule is C=CCn1c(C)nnc1SCC(=O)NC(=O)c1ccccc1OC. The third kappa shape index (κ3) is 4.23. The van der Waals surface area contributed by atoms with Gasteiger partial charge >= 0.3 is 0 Å². The summed E-state index contributed by atoms with van der Waals surface area (Å²) in [5.41, 5.74) is 0.309. The Morgan fingerprint density at radius 1 is 1.38 bits per heavy atom. The molecule has 0 spiro atoms. The van der Waals surface area contributed by atoms with E-state index in [-0.39, 0.29) is 5.75 Å². The van der Waals surface area contributed by atoms with Crippen molar-refractivity contribution in [2.24, 2.45) is 0 Å². The number of carbonyl (C=O) groups is 2. The van der Waals surface area contributed by atoms with Gasteiger partial charge in [0.1, 0.15) is 11.6 Å². The van der Waals surface area contributed by atoms with Gasteiger partial charge in [-0.3, -0.25) is 14.9 Å². The molecule has 0 unspecified atom stereocenters. The van der Waals surface area contributed by atoms with Crippen molar-refractivity contribution >= 4 is 23.6 Å². The van der Waals surface area contributed by atoms with E-state index in [2.05, 4.69) is 22.1 Å². The maximum Gasteiger partial charge on any atom is 0.261 e. The number of thioether (sulfide) groups is 1. The lowest BCUT2D eigenvalue weighted by atomic mass is 10.2. The Labute approximate surface area is 144 Å². The molecule has 0 aliphatic carbocycles. The van der Waals surface area contributed by atoms with E-state index in [0.717, 1.165) is 5.82 Å². The number of aryl methyl sites for hydroxylation is 1. The molecule has 2 rings (SSSR count). The van der Waals surface area contributed by atoms with Gasteiger partial charge in [-0.05, 0) is 19.1 Å². The van der Waals surface area contributed by atoms with Crippen LogP contribution in [0.5, 0.6) is 5.75 Å². The fraction of sp³-hybridized carbons (Fsp3) is 0.250. The van der Waals surface area contributed by atoms with Crippen LogP contribution in [0, 0.1) is 6.92 Å². The fourth-order valence-electron chi connectivity index (χ4n) is 2.00. The molecule has 126 valence electrons. The van der Waals surface area contributed by atoms with Crippen LogP contribution in [0.25, 0.3) is 0 Å². The molecule has 2 amide bonds. The van der Waals surface area contributed by atoms with Gasteiger partial charge in [0, 0.05) is 6.54 Å². The first-order valence-electron chi connectivity index (χ1n) is 7.17. The molecule has 0 bridgehead atoms. The summed E-state index contributed by atoms with van der Waals surface area (Å²) in [6.07, 6.45) is 1.73. The number of amides is 2. The van der Waals surface area contributed by atoms with Gasteiger partial charge in [0.2, 0.25) is 5.91 Å². The number of imide groups is 1. The Hall–Kier alpha value is -2.61. The lowest BCUT2D eigenvalue weighted by Gasteiger charge is -2.08. The molecule has 24 heavy (non-hydrogen) atoms. The highest BCUT2D eigenvalue weighted by molar-refractivity contribution is 7.99. The third-order valence-corrected chi connectivity index (χ3v) is 4.12. The largest absolute Gasteiger partial charge is 0.496 e. The summed E-state index contributed by atoms with van der Waals surface area (Å²) in [5, 5.41) is 10.9. The zero-order valence-electron chi connectivity index (χ0n) is 13.5. The predicted molar refractivity (Wildman–Crippen MR) is 91.1 cm³/mol. The number of hydrogen-bond donors (Lipinski definition) is 1. The summed E-state index contributed by atoms with van der Waals surface area (Å²) < 4.78 is 6.95. The van der Waals surface area contributed by atoms with Crippen LogP contribution in [-0.2, 0) is 11.3 Å². The van der Waals surface area contributed by atoms with Crippen molar-refractivity contribution in [1.29, 1.82) is 0 Å². The Morgan fingerprint density at radius 2 is 2.12 bits per heavy atom. The number of nitrogens with zero attached hydrogens (tertiary/aromatic N) is 3. The number of para-hydroxylation sites is 1. The lowest BCUT2D eigenvalue weighted by Crippen LogP contribution is -2.32. The molecule has 1 N–H and O–H groups in total. The summed E-state index contributed by atoms with van der Waals surface area (Å²) in [7, 11) is 1.47. The first-order chi connectivity index (χ1) is 11.6. The molecule has 0 atom stereocenters. The van der Waals surface area contributed by atoms with E-state index in [1.54, 1.807) is 30.3 Å². The monoisotopic (exact) mass is 346 g/mol. The standard InChI is InChI=1S/C16H18N4O3S/c1-4-9-20-11(2)18-19-16(20)24-10-14(21)17-15(22)12-7-5-6-8-13(12)23-3/h4-8H,1,9-10H2,2-3H3,(H,17,21,22). The van der Waals surface area contributed by atoms with Gasteiger partial charge in [-0.2, -0.15) is 0 Å². The number of benzene rings is 1. The van der Waals surface area contributed by atoms with Gasteiger partial charge in [-0.25, -0.2) is 0 Å². The summed E-state index contributed by atoms with van der Waals surface area (Å²) in [4.78, 5) is 24.2. The van der Waals surface area contributed by atoms with Crippen LogP contribution >= 0.6 is 11.8 Å². The molecule has 0 aliphatic heterocycles. The van der Waals surface area contributed by atoms with E-state index in [9.17, 15) is 9.59 Å². The topological polar surface area (TPSA) is 86.1 Å². The Balaban J connectivity index is 1.96. The number of rotatable bonds is 7. The van der Waals surface area contributed by atoms with E-state index >= 15 is 0 Å². The molecule has 0 saturated heterocycles. The molecule has 7 nitrogen and oxygen atoms in total. The minimum Gasteiger partial charge on any atom is -0.496 e. The van der Waals surface area contributed by atoms with E-state index < -0.39 is 11.8 Å². The highest BCUT2D eigenvalue weighted by Crippen LogP contribution is 2.18. The van der Waals surface area contributed by atoms with Crippen molar-refractivity contribution in [1.82, 2.24) is 20.1 Å². The van der Waals surface area contributed by atoms with Gasteiger partial charge < -0.3 is 9.30 Å². The zero-order valence-corrected chi connectivity index (χ0v) is 14.3. The van der Waals surface area contributed by atoms with Crippen LogP contribution in [0.4, 0.5) is 0 Å². The minimum absolute atomic E-state index is 0.0518. The summed E-state index contributed by atoms with van der Waals surface area (Å²) >= 11 is 1.21. The first kappa shape index (κ1) is 17.7. The molecular weight excluding hydrogens is 328 g/mol. The molecule has 1 aromatic heterocycles. The Bertz CT molecular complexity index is 758. The van der Waals surface area contributed by atoms with Crippen molar-refractivity contribution in [3.63, 3.8) is 0 Å². The van der Waals surface area contributed by atoms with E-state index in [1.807, 2.05) is 11.5 Å². The van der Waals surface area contributed by atoms with Crippen molar-refractivity contribution in [2.45, 2.75) is 18.6 Å². The summed E-state index contributed by atoms with van der Waals surface area (Å²) in [6.45, 7) is 6.06. The first-order valence-corrected chi connectivity index (χ1v) is 8.16. The van der Waals surface area contributed by atoms with Crippen LogP contribution < -0.4 is 10.1 Å². The third-order valence-electron chi connectivity index (χ3n) is 3.15. The molecule has 0 fully saturated rings. The van der Waals surface area contributed by atoms with Crippen molar-refractivity contribution in [2.75, 3.05) is 12.9 Å². The van der Waals surface area contributed by atoms with E-state index in [1.165, 1.54) is 18.9 Å². The molecule has 0 saturated carbocycles. The quantitative estimate of drug-likeness (QED) is 0.608. The summed E-state index contributed by atoms with van der Waals surface area (Å²) in [5.74, 6) is 0.291. The number of methoxy groups -OCH3 is 1. The van der Waals surface area contributed by atoms with Gasteiger partial charge in [0.05, 0.1) is 18.4 Å². The summed E-state index contributed by atoms with van der Waals surface area (Å²) in [6, 6.07) is 6.71. The molecule has 8 heteroatoms. The van der Waals surface area contributed by atoms with E-state index in [4.69, 9.17) is 4.74 Å². The second kappa shape index (κ2) is 8.30. The predicted octanol–water partition coefficient (Wildman–Crippen LogP) is 1.83. The van der Waals surface area contributed by atoms with Crippen LogP contribution in [0.1, 0.15) is 16.2 Å². The maximum absolute atomic E-state index is 12.2. The Morgan fingerprint density at radius 3 is 2.83 bits per heavy atom. The number of carbonyl (C=O) groups excluding carboxylic acids is 2. The van der Waals surface area contributed by atoms with Crippen LogP contribution in [0.3, 0.4) is 0 Å². The van der Waals surface area contributed by atoms with Gasteiger partial charge in [-0.15, -0.1) is 16.8 Å². The molecule has 0 aliphatic rings. The molecule has 1 aromatic carbocycles. The molecular formula is C16H18N4O3S. The minimum atomic E-state index is -0.498. The number of ether oxygens (including phenoxy) is 1. The molecule has 2 aromatic rings. The van der Waals surface area contributed by atoms with Gasteiger partial charge in [0.25, 0.3) is 5.91 Å². The average Bonchev–Trinajstić information content (AvgIpc) is 2.93. The molecule has 0 radical (unpaired) electrons. The van der Waals surface area contributed by atoms with Crippen LogP contribution in [-0.4, -0.2) is 39.4 Å². The second-order valence-corrected chi connectivity index (χ2v) is 5.74. The Kier molecular flexibility index (Phi) is 6.14. The number of allylic oxidation sites excluding steroid dienone is 1. The van der Waals surface area contributed by atoms with Gasteiger partial charge in [-0.1, -0.05) is 30.0 Å². The lowest BCUT2D eigenvalue weighted by molar-refractivity contribution is -0.117. The fourth-order valence-corrected chi connectivity index (χ4v) is 2.79. The zero-order chi connectivity index (χ0) is 17.5. The number of aromatic nitrogens is 3. The highest BCUT2D eigenvalue weighted by atomic mass is 32.2. The van der Waals surface area contributed by atoms with Crippen LogP contribution in [0.2, 0.25) is 0 Å². The second-order valence-electron chi connectivity index (χ2n) is 4.80. The normalized spacial score (nSPS) is 10.2. The van der Waals surface area contributed by atoms with Crippen molar-refractivity contribution in [3.8, 4) is 5.75 Å². The maximum atomic E-state index is 12.2. The van der Waals surface area contributed by atoms with Crippen molar-refractivity contribution < 1.29 is 14.3 Å². The number of nitrogens with one attached hydrogen (secondary N) is 1. The molecule has 1 heterocycles. The van der Waals surface area contributed by atoms with Crippen molar-refractivity contribution in [3.05, 3.63) is 48.3 Å². The number of hydrogen-bond acceptors (Lipinski definition) is 6. The smallest absolute Gasteiger partial charge is 0.261 e. The average molecular weight is 346 g/mol. The highest BCUT2D eigenvalue weighted by Gasteiger charge is 2.16. The van der Waals surface area contributed by atoms with E-state index in [0.29, 0.717) is 23.0 Å². The van der Waals surface area contributed by atoms with Gasteiger partial charge in [0.15, 0.2) is 5.16 Å².